The van der Waals surface area contributed by atoms with E-state index in [0.717, 1.165) is 56.6 Å². The number of ether oxygens (including phenoxy) is 1. The number of amides is 2. The van der Waals surface area contributed by atoms with Crippen molar-refractivity contribution in [2.24, 2.45) is 11.8 Å². The second-order valence-electron chi connectivity index (χ2n) is 8.56. The van der Waals surface area contributed by atoms with Crippen LogP contribution in [0.1, 0.15) is 54.0 Å². The Hall–Kier alpha value is -2.96. The molecule has 2 aromatic rings. The lowest BCUT2D eigenvalue weighted by Gasteiger charge is -2.36. The molecule has 0 bridgehead atoms. The fraction of sp³-hybridized carbons (Fsp3) is 0.500. The molecule has 7 heteroatoms. The van der Waals surface area contributed by atoms with Gasteiger partial charge in [0, 0.05) is 30.9 Å². The summed E-state index contributed by atoms with van der Waals surface area (Å²) in [6.07, 6.45) is 7.51. The largest absolute Gasteiger partial charge is 0.497 e. The van der Waals surface area contributed by atoms with Crippen molar-refractivity contribution in [3.63, 3.8) is 0 Å². The number of hydrogen-bond donors (Lipinski definition) is 1. The molecular formula is C24H30N4O3. The van der Waals surface area contributed by atoms with Crippen LogP contribution in [0.2, 0.25) is 0 Å². The Morgan fingerprint density at radius 2 is 1.84 bits per heavy atom. The van der Waals surface area contributed by atoms with Crippen molar-refractivity contribution >= 4 is 17.5 Å². The first kappa shape index (κ1) is 21.3. The zero-order valence-corrected chi connectivity index (χ0v) is 18.3. The number of carbonyl (C=O) groups excluding carboxylic acids is 2. The monoisotopic (exact) mass is 422 g/mol. The minimum Gasteiger partial charge on any atom is -0.497 e. The quantitative estimate of drug-likeness (QED) is 0.769. The maximum atomic E-state index is 12.9. The third-order valence-corrected chi connectivity index (χ3v) is 6.44. The number of likely N-dealkylation sites (tertiary alicyclic amines) is 1. The van der Waals surface area contributed by atoms with Crippen molar-refractivity contribution in [3.8, 4) is 5.75 Å². The molecule has 164 valence electrons. The van der Waals surface area contributed by atoms with Gasteiger partial charge in [-0.1, -0.05) is 6.42 Å². The van der Waals surface area contributed by atoms with E-state index in [1.165, 1.54) is 6.42 Å². The van der Waals surface area contributed by atoms with Crippen LogP contribution >= 0.6 is 0 Å². The van der Waals surface area contributed by atoms with E-state index in [1.807, 2.05) is 11.8 Å². The summed E-state index contributed by atoms with van der Waals surface area (Å²) in [7, 11) is 1.61. The Morgan fingerprint density at radius 1 is 1.13 bits per heavy atom. The summed E-state index contributed by atoms with van der Waals surface area (Å²) in [5.74, 6) is 2.19. The summed E-state index contributed by atoms with van der Waals surface area (Å²) in [4.78, 5) is 36.3. The van der Waals surface area contributed by atoms with Crippen molar-refractivity contribution in [3.05, 3.63) is 47.5 Å². The number of anilines is 1. The fourth-order valence-corrected chi connectivity index (χ4v) is 4.28. The Labute approximate surface area is 183 Å². The van der Waals surface area contributed by atoms with Crippen LogP contribution in [-0.4, -0.2) is 46.9 Å². The lowest BCUT2D eigenvalue weighted by molar-refractivity contribution is -0.139. The van der Waals surface area contributed by atoms with Gasteiger partial charge in [-0.15, -0.1) is 0 Å². The molecule has 0 spiro atoms. The van der Waals surface area contributed by atoms with E-state index < -0.39 is 0 Å². The minimum atomic E-state index is -0.210. The van der Waals surface area contributed by atoms with Crippen LogP contribution in [0, 0.1) is 18.8 Å². The topological polar surface area (TPSA) is 84.4 Å². The minimum absolute atomic E-state index is 0.210. The smallest absolute Gasteiger partial charge is 0.259 e. The van der Waals surface area contributed by atoms with Gasteiger partial charge < -0.3 is 15.0 Å². The van der Waals surface area contributed by atoms with Crippen LogP contribution in [0.5, 0.6) is 5.75 Å². The first-order valence-corrected chi connectivity index (χ1v) is 11.1. The summed E-state index contributed by atoms with van der Waals surface area (Å²) in [5.41, 5.74) is 1.98. The molecule has 0 unspecified atom stereocenters. The second-order valence-corrected chi connectivity index (χ2v) is 8.56. The van der Waals surface area contributed by atoms with E-state index in [1.54, 1.807) is 37.6 Å². The number of nitrogens with zero attached hydrogens (tertiary/aromatic N) is 3. The first-order chi connectivity index (χ1) is 15.0. The van der Waals surface area contributed by atoms with E-state index in [0.29, 0.717) is 28.9 Å². The number of methoxy groups -OCH3 is 1. The molecule has 1 aliphatic carbocycles. The Balaban J connectivity index is 1.39. The number of hydrogen-bond acceptors (Lipinski definition) is 5. The van der Waals surface area contributed by atoms with Gasteiger partial charge in [-0.05, 0) is 69.2 Å². The Kier molecular flexibility index (Phi) is 6.49. The van der Waals surface area contributed by atoms with Gasteiger partial charge in [0.05, 0.1) is 18.4 Å². The number of aryl methyl sites for hydroxylation is 1. The molecule has 1 aliphatic heterocycles. The van der Waals surface area contributed by atoms with Crippen molar-refractivity contribution in [1.29, 1.82) is 0 Å². The summed E-state index contributed by atoms with van der Waals surface area (Å²) in [5, 5.41) is 2.93. The fourth-order valence-electron chi connectivity index (χ4n) is 4.28. The van der Waals surface area contributed by atoms with Gasteiger partial charge in [-0.3, -0.25) is 9.59 Å². The highest BCUT2D eigenvalue weighted by molar-refractivity contribution is 6.04. The van der Waals surface area contributed by atoms with Crippen LogP contribution in [0.15, 0.2) is 30.5 Å². The molecule has 2 fully saturated rings. The highest BCUT2D eigenvalue weighted by atomic mass is 16.5. The number of nitrogens with one attached hydrogen (secondary N) is 1. The van der Waals surface area contributed by atoms with Gasteiger partial charge in [0.1, 0.15) is 11.6 Å². The molecule has 1 saturated heterocycles. The maximum absolute atomic E-state index is 12.9. The van der Waals surface area contributed by atoms with Crippen molar-refractivity contribution < 1.29 is 14.3 Å². The average Bonchev–Trinajstić information content (AvgIpc) is 2.73. The predicted octanol–water partition coefficient (Wildman–Crippen LogP) is 3.63. The summed E-state index contributed by atoms with van der Waals surface area (Å²) in [6.45, 7) is 3.45. The molecule has 2 aliphatic rings. The van der Waals surface area contributed by atoms with Gasteiger partial charge in [-0.2, -0.15) is 0 Å². The average molecular weight is 423 g/mol. The van der Waals surface area contributed by atoms with E-state index in [2.05, 4.69) is 15.3 Å². The standard InChI is InChI=1S/C24H30N4O3/c1-16-25-15-21(23(29)27-19-6-8-20(31-2)9-7-19)22(26-16)14-17-10-12-28(13-11-17)24(30)18-4-3-5-18/h6-9,15,17-18H,3-5,10-14H2,1-2H3,(H,27,29). The number of carbonyl (C=O) groups is 2. The van der Waals surface area contributed by atoms with Gasteiger partial charge >= 0.3 is 0 Å². The Bertz CT molecular complexity index is 932. The molecule has 0 atom stereocenters. The summed E-state index contributed by atoms with van der Waals surface area (Å²) >= 11 is 0. The van der Waals surface area contributed by atoms with Crippen LogP contribution in [0.25, 0.3) is 0 Å². The van der Waals surface area contributed by atoms with Gasteiger partial charge in [0.15, 0.2) is 0 Å². The number of aromatic nitrogens is 2. The normalized spacial score (nSPS) is 17.2. The molecule has 1 aromatic carbocycles. The van der Waals surface area contributed by atoms with Gasteiger partial charge in [0.2, 0.25) is 5.91 Å². The van der Waals surface area contributed by atoms with Crippen molar-refractivity contribution in [2.45, 2.75) is 45.4 Å². The van der Waals surface area contributed by atoms with E-state index in [9.17, 15) is 9.59 Å². The summed E-state index contributed by atoms with van der Waals surface area (Å²) < 4.78 is 5.16. The lowest BCUT2D eigenvalue weighted by atomic mass is 9.83. The molecule has 4 rings (SSSR count). The molecule has 0 radical (unpaired) electrons. The van der Waals surface area contributed by atoms with E-state index >= 15 is 0 Å². The van der Waals surface area contributed by atoms with Crippen LogP contribution < -0.4 is 10.1 Å². The van der Waals surface area contributed by atoms with Gasteiger partial charge in [-0.25, -0.2) is 9.97 Å². The third-order valence-electron chi connectivity index (χ3n) is 6.44. The third kappa shape index (κ3) is 5.03. The zero-order chi connectivity index (χ0) is 21.8. The van der Waals surface area contributed by atoms with Crippen LogP contribution in [-0.2, 0) is 11.2 Å². The molecule has 1 aromatic heterocycles. The van der Waals surface area contributed by atoms with Gasteiger partial charge in [0.25, 0.3) is 5.91 Å². The van der Waals surface area contributed by atoms with E-state index in [4.69, 9.17) is 4.74 Å². The molecule has 1 saturated carbocycles. The lowest BCUT2D eigenvalue weighted by Crippen LogP contribution is -2.43. The van der Waals surface area contributed by atoms with Crippen molar-refractivity contribution in [1.82, 2.24) is 14.9 Å². The highest BCUT2D eigenvalue weighted by Crippen LogP contribution is 2.30. The SMILES string of the molecule is COc1ccc(NC(=O)c2cnc(C)nc2CC2CCN(C(=O)C3CCC3)CC2)cc1. The van der Waals surface area contributed by atoms with E-state index in [-0.39, 0.29) is 11.8 Å². The predicted molar refractivity (Wildman–Crippen MR) is 118 cm³/mol. The molecule has 2 amide bonds. The molecule has 1 N–H and O–H groups in total. The molecule has 2 heterocycles. The second kappa shape index (κ2) is 9.45. The van der Waals surface area contributed by atoms with Crippen LogP contribution in [0.4, 0.5) is 5.69 Å². The van der Waals surface area contributed by atoms with Crippen LogP contribution in [0.3, 0.4) is 0 Å². The molecular weight excluding hydrogens is 392 g/mol. The maximum Gasteiger partial charge on any atom is 0.259 e. The Morgan fingerprint density at radius 3 is 2.45 bits per heavy atom. The highest BCUT2D eigenvalue weighted by Gasteiger charge is 2.32. The summed E-state index contributed by atoms with van der Waals surface area (Å²) in [6, 6.07) is 7.22. The number of rotatable bonds is 6. The number of piperidine rings is 1. The molecule has 31 heavy (non-hydrogen) atoms. The first-order valence-electron chi connectivity index (χ1n) is 11.1. The molecule has 7 nitrogen and oxygen atoms in total. The zero-order valence-electron chi connectivity index (χ0n) is 18.3. The van der Waals surface area contributed by atoms with Crippen molar-refractivity contribution in [2.75, 3.05) is 25.5 Å². The number of benzene rings is 1.